The summed E-state index contributed by atoms with van der Waals surface area (Å²) >= 11 is 0. The highest BCUT2D eigenvalue weighted by Crippen LogP contribution is 2.20. The highest BCUT2D eigenvalue weighted by molar-refractivity contribution is 5.95. The number of likely N-dealkylation sites (tertiary alicyclic amines) is 1. The fraction of sp³-hybridized carbons (Fsp3) is 0.571. The fourth-order valence-corrected chi connectivity index (χ4v) is 2.62. The van der Waals surface area contributed by atoms with Crippen LogP contribution in [0.25, 0.3) is 0 Å². The molecule has 1 fully saturated rings. The predicted molar refractivity (Wildman–Crippen MR) is 73.8 cm³/mol. The zero-order chi connectivity index (χ0) is 13.8. The molecule has 3 N–H and O–H groups in total. The third-order valence-corrected chi connectivity index (χ3v) is 3.57. The molecular formula is C14H21N3O2. The maximum atomic E-state index is 12.6. The smallest absolute Gasteiger partial charge is 0.254 e. The number of amides is 1. The highest BCUT2D eigenvalue weighted by atomic mass is 16.3. The van der Waals surface area contributed by atoms with Gasteiger partial charge in [0.25, 0.3) is 5.91 Å². The van der Waals surface area contributed by atoms with Crippen LogP contribution >= 0.6 is 0 Å². The summed E-state index contributed by atoms with van der Waals surface area (Å²) in [5.41, 5.74) is 6.99. The number of carbonyl (C=O) groups is 1. The van der Waals surface area contributed by atoms with Crippen LogP contribution in [0.4, 0.5) is 5.82 Å². The fourth-order valence-electron chi connectivity index (χ4n) is 2.62. The van der Waals surface area contributed by atoms with Crippen molar-refractivity contribution in [3.05, 3.63) is 23.4 Å². The van der Waals surface area contributed by atoms with E-state index in [1.54, 1.807) is 17.0 Å². The third-order valence-electron chi connectivity index (χ3n) is 3.57. The molecule has 1 aromatic rings. The summed E-state index contributed by atoms with van der Waals surface area (Å²) in [6, 6.07) is 3.27. The van der Waals surface area contributed by atoms with E-state index in [4.69, 9.17) is 5.73 Å². The molecule has 0 aromatic carbocycles. The van der Waals surface area contributed by atoms with Crippen LogP contribution < -0.4 is 5.73 Å². The second-order valence-corrected chi connectivity index (χ2v) is 5.11. The number of nitrogens with zero attached hydrogens (tertiary/aromatic N) is 2. The van der Waals surface area contributed by atoms with Gasteiger partial charge in [-0.2, -0.15) is 0 Å². The molecule has 1 aliphatic rings. The Labute approximate surface area is 113 Å². The van der Waals surface area contributed by atoms with Gasteiger partial charge in [0.1, 0.15) is 5.82 Å². The molecule has 0 bridgehead atoms. The summed E-state index contributed by atoms with van der Waals surface area (Å²) in [6.45, 7) is 2.54. The van der Waals surface area contributed by atoms with E-state index in [0.29, 0.717) is 17.9 Å². The topological polar surface area (TPSA) is 79.5 Å². The Balaban J connectivity index is 2.25. The molecule has 0 saturated carbocycles. The number of nitrogens with two attached hydrogens (primary N) is 1. The summed E-state index contributed by atoms with van der Waals surface area (Å²) < 4.78 is 0. The molecule has 1 amide bonds. The summed E-state index contributed by atoms with van der Waals surface area (Å²) in [7, 11) is 0. The van der Waals surface area contributed by atoms with Crippen LogP contribution in [0.2, 0.25) is 0 Å². The maximum Gasteiger partial charge on any atom is 0.254 e. The number of aliphatic hydroxyl groups excluding tert-OH is 1. The molecule has 0 radical (unpaired) electrons. The molecule has 1 atom stereocenters. The summed E-state index contributed by atoms with van der Waals surface area (Å²) in [5, 5.41) is 9.46. The average Bonchev–Trinajstić information content (AvgIpc) is 2.61. The predicted octanol–water partition coefficient (Wildman–Crippen LogP) is 1.35. The van der Waals surface area contributed by atoms with E-state index in [1.165, 1.54) is 0 Å². The minimum absolute atomic E-state index is 0.0191. The highest BCUT2D eigenvalue weighted by Gasteiger charge is 2.26. The first-order chi connectivity index (χ1) is 9.11. The van der Waals surface area contributed by atoms with Crippen LogP contribution in [0.15, 0.2) is 12.1 Å². The number of nitrogen functional groups attached to an aromatic ring is 1. The SMILES string of the molecule is Cc1cc(C(=O)N2CCCCCC2CO)cc(N)n1. The average molecular weight is 263 g/mol. The molecule has 2 heterocycles. The van der Waals surface area contributed by atoms with Crippen molar-refractivity contribution in [1.82, 2.24) is 9.88 Å². The molecule has 0 aliphatic carbocycles. The Bertz CT molecular complexity index is 442. The van der Waals surface area contributed by atoms with E-state index in [0.717, 1.165) is 31.4 Å². The van der Waals surface area contributed by atoms with Crippen LogP contribution in [-0.4, -0.2) is 40.1 Å². The van der Waals surface area contributed by atoms with Crippen LogP contribution in [-0.2, 0) is 0 Å². The lowest BCUT2D eigenvalue weighted by atomic mass is 10.1. The normalized spacial score (nSPS) is 20.1. The quantitative estimate of drug-likeness (QED) is 0.844. The van der Waals surface area contributed by atoms with Gasteiger partial charge in [0, 0.05) is 17.8 Å². The van der Waals surface area contributed by atoms with Crippen molar-refractivity contribution in [1.29, 1.82) is 0 Å². The van der Waals surface area contributed by atoms with Gasteiger partial charge in [0.05, 0.1) is 12.6 Å². The zero-order valence-corrected chi connectivity index (χ0v) is 11.3. The monoisotopic (exact) mass is 263 g/mol. The molecule has 1 unspecified atom stereocenters. The van der Waals surface area contributed by atoms with E-state index >= 15 is 0 Å². The second kappa shape index (κ2) is 6.02. The van der Waals surface area contributed by atoms with Gasteiger partial charge in [-0.3, -0.25) is 4.79 Å². The van der Waals surface area contributed by atoms with Gasteiger partial charge in [-0.05, 0) is 31.9 Å². The lowest BCUT2D eigenvalue weighted by Crippen LogP contribution is -2.42. The van der Waals surface area contributed by atoms with E-state index in [-0.39, 0.29) is 18.6 Å². The lowest BCUT2D eigenvalue weighted by molar-refractivity contribution is 0.0599. The number of hydrogen-bond donors (Lipinski definition) is 2. The number of anilines is 1. The first-order valence-electron chi connectivity index (χ1n) is 6.78. The summed E-state index contributed by atoms with van der Waals surface area (Å²) in [4.78, 5) is 18.4. The van der Waals surface area contributed by atoms with Gasteiger partial charge in [-0.15, -0.1) is 0 Å². The largest absolute Gasteiger partial charge is 0.394 e. The van der Waals surface area contributed by atoms with Gasteiger partial charge >= 0.3 is 0 Å². The Morgan fingerprint density at radius 3 is 2.95 bits per heavy atom. The Morgan fingerprint density at radius 1 is 1.47 bits per heavy atom. The Hall–Kier alpha value is -1.62. The van der Waals surface area contributed by atoms with Crippen LogP contribution in [0.5, 0.6) is 0 Å². The van der Waals surface area contributed by atoms with E-state index in [1.807, 2.05) is 6.92 Å². The molecule has 2 rings (SSSR count). The lowest BCUT2D eigenvalue weighted by Gasteiger charge is -2.28. The van der Waals surface area contributed by atoms with Crippen molar-refractivity contribution in [3.63, 3.8) is 0 Å². The number of aromatic nitrogens is 1. The van der Waals surface area contributed by atoms with Gasteiger partial charge in [-0.1, -0.05) is 12.8 Å². The molecule has 1 aliphatic heterocycles. The Morgan fingerprint density at radius 2 is 2.26 bits per heavy atom. The number of hydrogen-bond acceptors (Lipinski definition) is 4. The number of aryl methyl sites for hydroxylation is 1. The number of carbonyl (C=O) groups excluding carboxylic acids is 1. The second-order valence-electron chi connectivity index (χ2n) is 5.11. The standard InChI is InChI=1S/C14H21N3O2/c1-10-7-11(8-13(15)16-10)14(19)17-6-4-2-3-5-12(17)9-18/h7-8,12,18H,2-6,9H2,1H3,(H2,15,16). The summed E-state index contributed by atoms with van der Waals surface area (Å²) in [5.74, 6) is 0.303. The van der Waals surface area contributed by atoms with E-state index in [2.05, 4.69) is 4.98 Å². The molecule has 0 spiro atoms. The van der Waals surface area contributed by atoms with Gasteiger partial charge in [0.2, 0.25) is 0 Å². The summed E-state index contributed by atoms with van der Waals surface area (Å²) in [6.07, 6.45) is 4.02. The van der Waals surface area contributed by atoms with Crippen molar-refractivity contribution in [2.24, 2.45) is 0 Å². The van der Waals surface area contributed by atoms with E-state index in [9.17, 15) is 9.90 Å². The molecule has 19 heavy (non-hydrogen) atoms. The number of pyridine rings is 1. The number of aliphatic hydroxyl groups is 1. The van der Waals surface area contributed by atoms with Crippen LogP contribution in [0.3, 0.4) is 0 Å². The molecule has 5 nitrogen and oxygen atoms in total. The molecule has 1 saturated heterocycles. The van der Waals surface area contributed by atoms with Crippen LogP contribution in [0.1, 0.15) is 41.7 Å². The number of rotatable bonds is 2. The van der Waals surface area contributed by atoms with E-state index < -0.39 is 0 Å². The first kappa shape index (κ1) is 13.8. The van der Waals surface area contributed by atoms with Crippen molar-refractivity contribution in [3.8, 4) is 0 Å². The minimum atomic E-state index is -0.0790. The van der Waals surface area contributed by atoms with Crippen molar-refractivity contribution >= 4 is 11.7 Å². The van der Waals surface area contributed by atoms with Crippen molar-refractivity contribution < 1.29 is 9.90 Å². The molecule has 1 aromatic heterocycles. The minimum Gasteiger partial charge on any atom is -0.394 e. The maximum absolute atomic E-state index is 12.6. The zero-order valence-electron chi connectivity index (χ0n) is 11.3. The third kappa shape index (κ3) is 3.23. The molecule has 5 heteroatoms. The first-order valence-corrected chi connectivity index (χ1v) is 6.78. The van der Waals surface area contributed by atoms with Gasteiger partial charge in [0.15, 0.2) is 0 Å². The van der Waals surface area contributed by atoms with Crippen LogP contribution in [0, 0.1) is 6.92 Å². The van der Waals surface area contributed by atoms with Crippen molar-refractivity contribution in [2.45, 2.75) is 38.6 Å². The Kier molecular flexibility index (Phi) is 4.37. The molecule has 104 valence electrons. The van der Waals surface area contributed by atoms with Gasteiger partial charge in [-0.25, -0.2) is 4.98 Å². The van der Waals surface area contributed by atoms with Crippen molar-refractivity contribution in [2.75, 3.05) is 18.9 Å². The van der Waals surface area contributed by atoms with Gasteiger partial charge < -0.3 is 15.7 Å². The molecular weight excluding hydrogens is 242 g/mol.